The molecule has 2 aliphatic rings. The first-order chi connectivity index (χ1) is 11.7. The fraction of sp³-hybridized carbons (Fsp3) is 0.263. The summed E-state index contributed by atoms with van der Waals surface area (Å²) < 4.78 is 11.4. The normalized spacial score (nSPS) is 22.2. The van der Waals surface area contributed by atoms with Gasteiger partial charge in [0.15, 0.2) is 12.2 Å². The average Bonchev–Trinajstić information content (AvgIpc) is 2.98. The standard InChI is InChI=1S/C19H17NO4/c21-16-11-17-20(16)12-15(23-17)19(22)24-18(13-7-3-1-4-8-13)14-9-5-2-6-10-14/h1-10,15,17-18H,11-12H2/t15-,17-/m0/s1. The molecule has 2 fully saturated rings. The van der Waals surface area contributed by atoms with E-state index >= 15 is 0 Å². The van der Waals surface area contributed by atoms with Gasteiger partial charge in [-0.05, 0) is 11.1 Å². The molecule has 2 heterocycles. The highest BCUT2D eigenvalue weighted by molar-refractivity contribution is 5.85. The number of carbonyl (C=O) groups is 2. The molecular weight excluding hydrogens is 306 g/mol. The second-order valence-electron chi connectivity index (χ2n) is 5.97. The predicted octanol–water partition coefficient (Wildman–Crippen LogP) is 2.28. The average molecular weight is 323 g/mol. The van der Waals surface area contributed by atoms with E-state index in [1.54, 1.807) is 4.90 Å². The highest BCUT2D eigenvalue weighted by Crippen LogP contribution is 2.31. The number of benzene rings is 2. The molecule has 4 rings (SSSR count). The van der Waals surface area contributed by atoms with Crippen LogP contribution in [0.2, 0.25) is 0 Å². The molecule has 0 aliphatic carbocycles. The smallest absolute Gasteiger partial charge is 0.338 e. The number of hydrogen-bond donors (Lipinski definition) is 0. The van der Waals surface area contributed by atoms with Crippen LogP contribution in [-0.2, 0) is 19.1 Å². The highest BCUT2D eigenvalue weighted by Gasteiger charge is 2.48. The monoisotopic (exact) mass is 323 g/mol. The van der Waals surface area contributed by atoms with E-state index in [1.165, 1.54) is 0 Å². The van der Waals surface area contributed by atoms with Crippen LogP contribution in [0.5, 0.6) is 0 Å². The minimum Gasteiger partial charge on any atom is -0.451 e. The Hall–Kier alpha value is -2.66. The molecule has 0 radical (unpaired) electrons. The minimum absolute atomic E-state index is 0.0259. The van der Waals surface area contributed by atoms with Crippen LogP contribution in [0, 0.1) is 0 Å². The van der Waals surface area contributed by atoms with Crippen LogP contribution in [0.15, 0.2) is 60.7 Å². The number of ether oxygens (including phenoxy) is 2. The molecule has 2 saturated heterocycles. The Bertz CT molecular complexity index is 707. The quantitative estimate of drug-likeness (QED) is 0.640. The second-order valence-corrected chi connectivity index (χ2v) is 5.97. The van der Waals surface area contributed by atoms with Crippen molar-refractivity contribution in [3.8, 4) is 0 Å². The third-order valence-electron chi connectivity index (χ3n) is 4.40. The molecular formula is C19H17NO4. The molecule has 24 heavy (non-hydrogen) atoms. The van der Waals surface area contributed by atoms with Crippen molar-refractivity contribution >= 4 is 11.9 Å². The van der Waals surface area contributed by atoms with E-state index in [1.807, 2.05) is 60.7 Å². The van der Waals surface area contributed by atoms with Gasteiger partial charge in [-0.3, -0.25) is 4.79 Å². The van der Waals surface area contributed by atoms with Gasteiger partial charge in [-0.15, -0.1) is 0 Å². The number of β-lactam (4-membered cyclic amide) rings is 1. The molecule has 5 nitrogen and oxygen atoms in total. The molecule has 2 aromatic carbocycles. The number of hydrogen-bond acceptors (Lipinski definition) is 4. The summed E-state index contributed by atoms with van der Waals surface area (Å²) in [5.74, 6) is -0.409. The van der Waals surface area contributed by atoms with Crippen LogP contribution in [0.3, 0.4) is 0 Å². The van der Waals surface area contributed by atoms with Crippen LogP contribution in [-0.4, -0.2) is 35.7 Å². The van der Waals surface area contributed by atoms with Crippen LogP contribution >= 0.6 is 0 Å². The number of fused-ring (bicyclic) bond motifs is 1. The third-order valence-corrected chi connectivity index (χ3v) is 4.40. The fourth-order valence-electron chi connectivity index (χ4n) is 3.08. The van der Waals surface area contributed by atoms with Gasteiger partial charge in [-0.1, -0.05) is 60.7 Å². The minimum atomic E-state index is -0.712. The van der Waals surface area contributed by atoms with E-state index in [0.29, 0.717) is 6.42 Å². The Labute approximate surface area is 139 Å². The summed E-state index contributed by atoms with van der Waals surface area (Å²) in [5, 5.41) is 0. The lowest BCUT2D eigenvalue weighted by molar-refractivity contribution is -0.167. The summed E-state index contributed by atoms with van der Waals surface area (Å²) in [4.78, 5) is 25.6. The van der Waals surface area contributed by atoms with Crippen molar-refractivity contribution in [3.63, 3.8) is 0 Å². The molecule has 1 amide bonds. The van der Waals surface area contributed by atoms with Crippen molar-refractivity contribution in [1.29, 1.82) is 0 Å². The lowest BCUT2D eigenvalue weighted by atomic mass is 10.0. The van der Waals surface area contributed by atoms with Gasteiger partial charge in [0.2, 0.25) is 5.91 Å². The highest BCUT2D eigenvalue weighted by atomic mass is 16.6. The Morgan fingerprint density at radius 1 is 1.04 bits per heavy atom. The van der Waals surface area contributed by atoms with Crippen molar-refractivity contribution < 1.29 is 19.1 Å². The first kappa shape index (κ1) is 14.9. The number of carbonyl (C=O) groups excluding carboxylic acids is 2. The molecule has 2 aromatic rings. The topological polar surface area (TPSA) is 55.8 Å². The Morgan fingerprint density at radius 3 is 2.12 bits per heavy atom. The first-order valence-corrected chi connectivity index (χ1v) is 7.97. The van der Waals surface area contributed by atoms with Gasteiger partial charge >= 0.3 is 5.97 Å². The molecule has 2 atom stereocenters. The number of rotatable bonds is 4. The Kier molecular flexibility index (Phi) is 3.78. The summed E-state index contributed by atoms with van der Waals surface area (Å²) >= 11 is 0. The van der Waals surface area contributed by atoms with Crippen molar-refractivity contribution in [2.24, 2.45) is 0 Å². The second kappa shape index (κ2) is 6.09. The van der Waals surface area contributed by atoms with E-state index in [2.05, 4.69) is 0 Å². The summed E-state index contributed by atoms with van der Waals surface area (Å²) in [7, 11) is 0. The maximum Gasteiger partial charge on any atom is 0.338 e. The van der Waals surface area contributed by atoms with Crippen molar-refractivity contribution in [3.05, 3.63) is 71.8 Å². The zero-order valence-electron chi connectivity index (χ0n) is 13.0. The van der Waals surface area contributed by atoms with Gasteiger partial charge in [0.25, 0.3) is 0 Å². The van der Waals surface area contributed by atoms with Crippen LogP contribution in [0.4, 0.5) is 0 Å². The molecule has 0 aromatic heterocycles. The summed E-state index contributed by atoms with van der Waals surface area (Å²) in [6, 6.07) is 19.2. The van der Waals surface area contributed by atoms with Gasteiger partial charge < -0.3 is 14.4 Å². The molecule has 0 bridgehead atoms. The predicted molar refractivity (Wildman–Crippen MR) is 85.8 cm³/mol. The zero-order valence-corrected chi connectivity index (χ0v) is 13.0. The number of nitrogens with zero attached hydrogens (tertiary/aromatic N) is 1. The molecule has 0 unspecified atom stereocenters. The van der Waals surface area contributed by atoms with Crippen molar-refractivity contribution in [1.82, 2.24) is 4.90 Å². The summed E-state index contributed by atoms with van der Waals surface area (Å²) in [6.07, 6.45) is -1.12. The van der Waals surface area contributed by atoms with Crippen LogP contribution in [0.1, 0.15) is 23.7 Å². The molecule has 0 N–H and O–H groups in total. The molecule has 122 valence electrons. The molecule has 0 spiro atoms. The van der Waals surface area contributed by atoms with Gasteiger partial charge in [-0.2, -0.15) is 0 Å². The van der Waals surface area contributed by atoms with Crippen LogP contribution < -0.4 is 0 Å². The molecule has 5 heteroatoms. The maximum atomic E-state index is 12.5. The van der Waals surface area contributed by atoms with Crippen LogP contribution in [0.25, 0.3) is 0 Å². The van der Waals surface area contributed by atoms with E-state index < -0.39 is 18.2 Å². The molecule has 0 saturated carbocycles. The molecule has 2 aliphatic heterocycles. The van der Waals surface area contributed by atoms with Gasteiger partial charge in [0.05, 0.1) is 13.0 Å². The maximum absolute atomic E-state index is 12.5. The number of esters is 1. The van der Waals surface area contributed by atoms with Gasteiger partial charge in [0, 0.05) is 0 Å². The largest absolute Gasteiger partial charge is 0.451 e. The first-order valence-electron chi connectivity index (χ1n) is 7.97. The Balaban J connectivity index is 1.54. The van der Waals surface area contributed by atoms with Crippen molar-refractivity contribution in [2.75, 3.05) is 6.54 Å². The van der Waals surface area contributed by atoms with E-state index in [4.69, 9.17) is 9.47 Å². The summed E-state index contributed by atoms with van der Waals surface area (Å²) in [6.45, 7) is 0.276. The fourth-order valence-corrected chi connectivity index (χ4v) is 3.08. The van der Waals surface area contributed by atoms with Gasteiger partial charge in [-0.25, -0.2) is 4.79 Å². The summed E-state index contributed by atoms with van der Waals surface area (Å²) in [5.41, 5.74) is 1.80. The van der Waals surface area contributed by atoms with E-state index in [9.17, 15) is 9.59 Å². The van der Waals surface area contributed by atoms with E-state index in [0.717, 1.165) is 11.1 Å². The Morgan fingerprint density at radius 2 is 1.62 bits per heavy atom. The SMILES string of the molecule is O=C(OC(c1ccccc1)c1ccccc1)[C@@H]1CN2C(=O)C[C@@H]2O1. The van der Waals surface area contributed by atoms with Crippen molar-refractivity contribution in [2.45, 2.75) is 24.9 Å². The zero-order chi connectivity index (χ0) is 16.5. The third kappa shape index (κ3) is 2.67. The van der Waals surface area contributed by atoms with E-state index in [-0.39, 0.29) is 18.7 Å². The number of amides is 1. The lowest BCUT2D eigenvalue weighted by Gasteiger charge is -2.31. The lowest BCUT2D eigenvalue weighted by Crippen LogP contribution is -2.48. The van der Waals surface area contributed by atoms with Gasteiger partial charge in [0.1, 0.15) is 6.23 Å².